The minimum absolute atomic E-state index is 0.250. The summed E-state index contributed by atoms with van der Waals surface area (Å²) in [6.45, 7) is 0. The zero-order valence-electron chi connectivity index (χ0n) is 16.3. The first-order valence-corrected chi connectivity index (χ1v) is 11.3. The van der Waals surface area contributed by atoms with Crippen LogP contribution in [0, 0.1) is 11.7 Å². The fourth-order valence-electron chi connectivity index (χ4n) is 3.29. The molecule has 0 radical (unpaired) electrons. The monoisotopic (exact) mass is 439 g/mol. The summed E-state index contributed by atoms with van der Waals surface area (Å²) in [5.74, 6) is -2.13. The molecule has 0 aliphatic heterocycles. The summed E-state index contributed by atoms with van der Waals surface area (Å²) in [5.41, 5.74) is 0.454. The molecule has 164 valence electrons. The van der Waals surface area contributed by atoms with Gasteiger partial charge in [-0.3, -0.25) is 4.79 Å². The lowest BCUT2D eigenvalue weighted by Gasteiger charge is -2.23. The molecule has 2 fully saturated rings. The largest absolute Gasteiger partial charge is 0.496 e. The first kappa shape index (κ1) is 23.4. The van der Waals surface area contributed by atoms with Crippen molar-refractivity contribution in [1.82, 2.24) is 4.72 Å². The average molecular weight is 439 g/mol. The van der Waals surface area contributed by atoms with E-state index in [1.165, 1.54) is 13.2 Å². The molecule has 1 aromatic carbocycles. The predicted molar refractivity (Wildman–Crippen MR) is 99.9 cm³/mol. The fourth-order valence-corrected chi connectivity index (χ4v) is 3.74. The number of ether oxygens (including phenoxy) is 1. The zero-order chi connectivity index (χ0) is 21.8. The van der Waals surface area contributed by atoms with Gasteiger partial charge in [0.15, 0.2) is 0 Å². The van der Waals surface area contributed by atoms with Crippen molar-refractivity contribution in [2.45, 2.75) is 57.0 Å². The van der Waals surface area contributed by atoms with E-state index in [0.29, 0.717) is 18.6 Å². The highest BCUT2D eigenvalue weighted by atomic mass is 32.2. The summed E-state index contributed by atoms with van der Waals surface area (Å²) >= 11 is 0. The Morgan fingerprint density at radius 1 is 1.10 bits per heavy atom. The molecule has 2 aliphatic rings. The first-order valence-electron chi connectivity index (χ1n) is 9.38. The molecule has 0 unspecified atom stereocenters. The third-order valence-electron chi connectivity index (χ3n) is 4.93. The number of halogens is 4. The number of rotatable bonds is 4. The second-order valence-electron chi connectivity index (χ2n) is 7.43. The summed E-state index contributed by atoms with van der Waals surface area (Å²) in [7, 11) is -2.29. The lowest BCUT2D eigenvalue weighted by Crippen LogP contribution is -2.30. The third-order valence-corrected chi connectivity index (χ3v) is 5.48. The number of nitrogens with one attached hydrogen (secondary N) is 1. The van der Waals surface area contributed by atoms with Gasteiger partial charge in [0.05, 0.1) is 24.8 Å². The van der Waals surface area contributed by atoms with Gasteiger partial charge in [-0.15, -0.1) is 0 Å². The second kappa shape index (κ2) is 9.32. The lowest BCUT2D eigenvalue weighted by atomic mass is 9.89. The number of sulfonamides is 1. The lowest BCUT2D eigenvalue weighted by molar-refractivity contribution is -0.181. The molecule has 1 amide bonds. The van der Waals surface area contributed by atoms with E-state index in [9.17, 15) is 30.8 Å². The van der Waals surface area contributed by atoms with Gasteiger partial charge in [0.25, 0.3) is 5.91 Å². The van der Waals surface area contributed by atoms with Crippen LogP contribution in [0.5, 0.6) is 5.75 Å². The normalized spacial score (nSPS) is 17.9. The number of carbonyl (C=O) groups is 1. The number of methoxy groups -OCH3 is 1. The highest BCUT2D eigenvalue weighted by Crippen LogP contribution is 2.45. The van der Waals surface area contributed by atoms with Gasteiger partial charge in [-0.1, -0.05) is 19.3 Å². The van der Waals surface area contributed by atoms with E-state index in [0.717, 1.165) is 50.0 Å². The van der Waals surface area contributed by atoms with Crippen molar-refractivity contribution in [2.24, 2.45) is 5.92 Å². The summed E-state index contributed by atoms with van der Waals surface area (Å²) < 4.78 is 78.4. The molecular weight excluding hydrogens is 414 g/mol. The second-order valence-corrected chi connectivity index (χ2v) is 9.18. The van der Waals surface area contributed by atoms with Crippen LogP contribution in [0.4, 0.5) is 17.6 Å². The van der Waals surface area contributed by atoms with Crippen molar-refractivity contribution in [2.75, 3.05) is 13.4 Å². The Labute approximate surface area is 167 Å². The number of benzene rings is 1. The van der Waals surface area contributed by atoms with E-state index in [-0.39, 0.29) is 11.5 Å². The van der Waals surface area contributed by atoms with Crippen molar-refractivity contribution in [3.63, 3.8) is 0 Å². The van der Waals surface area contributed by atoms with Gasteiger partial charge in [-0.05, 0) is 43.2 Å². The molecule has 0 aromatic heterocycles. The minimum atomic E-state index is -3.93. The summed E-state index contributed by atoms with van der Waals surface area (Å²) in [6, 6.07) is 2.48. The van der Waals surface area contributed by atoms with Gasteiger partial charge >= 0.3 is 6.18 Å². The molecule has 10 heteroatoms. The number of alkyl halides is 3. The van der Waals surface area contributed by atoms with Crippen LogP contribution < -0.4 is 9.46 Å². The van der Waals surface area contributed by atoms with Crippen molar-refractivity contribution in [1.29, 1.82) is 0 Å². The van der Waals surface area contributed by atoms with E-state index < -0.39 is 33.8 Å². The van der Waals surface area contributed by atoms with E-state index >= 15 is 0 Å². The molecular formula is C19H25F4NO4S. The fraction of sp³-hybridized carbons (Fsp3) is 0.632. The van der Waals surface area contributed by atoms with Crippen LogP contribution in [0.15, 0.2) is 12.1 Å². The van der Waals surface area contributed by atoms with Crippen LogP contribution in [0.1, 0.15) is 66.8 Å². The predicted octanol–water partition coefficient (Wildman–Crippen LogP) is 4.53. The van der Waals surface area contributed by atoms with Gasteiger partial charge in [0.1, 0.15) is 11.6 Å². The molecule has 29 heavy (non-hydrogen) atoms. The molecule has 0 atom stereocenters. The minimum Gasteiger partial charge on any atom is -0.496 e. The van der Waals surface area contributed by atoms with Gasteiger partial charge in [-0.2, -0.15) is 13.2 Å². The Bertz CT molecular complexity index is 829. The Hall–Kier alpha value is -1.84. The SMILES string of the molecule is COc1cc(F)c(C(=O)NS(C)(=O)=O)cc1C1CC1.FC(F)(F)C1CCCCC1. The third kappa shape index (κ3) is 7.17. The maximum atomic E-state index is 13.8. The van der Waals surface area contributed by atoms with Gasteiger partial charge in [-0.25, -0.2) is 17.5 Å². The van der Waals surface area contributed by atoms with E-state index in [4.69, 9.17) is 4.74 Å². The number of hydrogen-bond donors (Lipinski definition) is 1. The molecule has 5 nitrogen and oxygen atoms in total. The molecule has 1 N–H and O–H groups in total. The molecule has 1 aromatic rings. The highest BCUT2D eigenvalue weighted by Gasteiger charge is 2.39. The van der Waals surface area contributed by atoms with Crippen LogP contribution in [0.2, 0.25) is 0 Å². The molecule has 0 spiro atoms. The van der Waals surface area contributed by atoms with Crippen molar-refractivity contribution in [3.05, 3.63) is 29.1 Å². The summed E-state index contributed by atoms with van der Waals surface area (Å²) in [4.78, 5) is 11.7. The van der Waals surface area contributed by atoms with Crippen LogP contribution in [0.25, 0.3) is 0 Å². The average Bonchev–Trinajstić information content (AvgIpc) is 3.45. The number of carbonyl (C=O) groups excluding carboxylic acids is 1. The van der Waals surface area contributed by atoms with E-state index in [2.05, 4.69) is 0 Å². The van der Waals surface area contributed by atoms with Gasteiger partial charge < -0.3 is 4.74 Å². The van der Waals surface area contributed by atoms with E-state index in [1.807, 2.05) is 0 Å². The molecule has 3 rings (SSSR count). The zero-order valence-corrected chi connectivity index (χ0v) is 17.1. The van der Waals surface area contributed by atoms with Crippen LogP contribution in [0.3, 0.4) is 0 Å². The summed E-state index contributed by atoms with van der Waals surface area (Å²) in [5, 5.41) is 0. The van der Waals surface area contributed by atoms with E-state index in [1.54, 1.807) is 4.72 Å². The van der Waals surface area contributed by atoms with Crippen molar-refractivity contribution >= 4 is 15.9 Å². The molecule has 2 aliphatic carbocycles. The smallest absolute Gasteiger partial charge is 0.391 e. The molecule has 0 heterocycles. The summed E-state index contributed by atoms with van der Waals surface area (Å²) in [6.07, 6.45) is 2.01. The Kier molecular flexibility index (Phi) is 7.53. The molecule has 2 saturated carbocycles. The maximum Gasteiger partial charge on any atom is 0.391 e. The highest BCUT2D eigenvalue weighted by molar-refractivity contribution is 7.89. The molecule has 0 bridgehead atoms. The van der Waals surface area contributed by atoms with Crippen LogP contribution in [-0.4, -0.2) is 33.9 Å². The Balaban J connectivity index is 0.000000253. The maximum absolute atomic E-state index is 13.8. The number of hydrogen-bond acceptors (Lipinski definition) is 4. The Morgan fingerprint density at radius 2 is 1.69 bits per heavy atom. The van der Waals surface area contributed by atoms with Crippen molar-refractivity contribution < 1.29 is 35.5 Å². The standard InChI is InChI=1S/C12H14FNO4S.C7H11F3/c1-18-11-6-10(13)9(5-8(11)7-3-4-7)12(15)14-19(2,16)17;8-7(9,10)6-4-2-1-3-5-6/h5-7H,3-4H2,1-2H3,(H,14,15);6H,1-5H2. The Morgan fingerprint density at radius 3 is 2.10 bits per heavy atom. The van der Waals surface area contributed by atoms with Crippen molar-refractivity contribution in [3.8, 4) is 5.75 Å². The molecule has 0 saturated heterocycles. The quantitative estimate of drug-likeness (QED) is 0.700. The van der Waals surface area contributed by atoms with Gasteiger partial charge in [0, 0.05) is 6.07 Å². The first-order chi connectivity index (χ1) is 13.4. The topological polar surface area (TPSA) is 72.5 Å². The number of amides is 1. The van der Waals surface area contributed by atoms with Crippen LogP contribution >= 0.6 is 0 Å². The van der Waals surface area contributed by atoms with Crippen LogP contribution in [-0.2, 0) is 10.0 Å². The van der Waals surface area contributed by atoms with Gasteiger partial charge in [0.2, 0.25) is 10.0 Å².